The number of aromatic nitrogens is 2. The molecule has 2 aromatic heterocycles. The van der Waals surface area contributed by atoms with Crippen LogP contribution in [-0.4, -0.2) is 40.9 Å². The molecule has 3 rings (SSSR count). The van der Waals surface area contributed by atoms with Crippen LogP contribution in [0.3, 0.4) is 0 Å². The molecule has 3 heterocycles. The quantitative estimate of drug-likeness (QED) is 0.617. The van der Waals surface area contributed by atoms with E-state index in [4.69, 9.17) is 31.5 Å². The molecule has 1 aliphatic heterocycles. The number of carbonyl (C=O) groups is 1. The van der Waals surface area contributed by atoms with Crippen molar-refractivity contribution in [2.75, 3.05) is 13.2 Å². The zero-order valence-electron chi connectivity index (χ0n) is 14.4. The molecule has 0 radical (unpaired) electrons. The highest BCUT2D eigenvalue weighted by atomic mass is 35.5. The Morgan fingerprint density at radius 1 is 1.46 bits per heavy atom. The zero-order chi connectivity index (χ0) is 20.3. The van der Waals surface area contributed by atoms with Gasteiger partial charge in [0.1, 0.15) is 18.4 Å². The third kappa shape index (κ3) is 4.86. The van der Waals surface area contributed by atoms with E-state index in [1.54, 1.807) is 6.07 Å². The Labute approximate surface area is 166 Å². The van der Waals surface area contributed by atoms with Crippen molar-refractivity contribution in [2.24, 2.45) is 5.73 Å². The molecule has 0 amide bonds. The fourth-order valence-electron chi connectivity index (χ4n) is 2.74. The lowest BCUT2D eigenvalue weighted by Gasteiger charge is -2.18. The summed E-state index contributed by atoms with van der Waals surface area (Å²) in [6.07, 6.45) is -1.59. The molecule has 0 aromatic carbocycles. The van der Waals surface area contributed by atoms with E-state index in [0.717, 1.165) is 15.6 Å². The van der Waals surface area contributed by atoms with Crippen LogP contribution in [0.2, 0.25) is 4.34 Å². The number of thiophene rings is 1. The first-order chi connectivity index (χ1) is 13.4. The number of nitrogens with zero attached hydrogens (tertiary/aromatic N) is 1. The zero-order valence-corrected chi connectivity index (χ0v) is 16.0. The van der Waals surface area contributed by atoms with Gasteiger partial charge in [-0.15, -0.1) is 11.3 Å². The van der Waals surface area contributed by atoms with E-state index in [1.165, 1.54) is 11.3 Å². The molecule has 12 heteroatoms. The number of hydrogen-bond donors (Lipinski definition) is 2. The van der Waals surface area contributed by atoms with Gasteiger partial charge in [0.2, 0.25) is 5.82 Å². The van der Waals surface area contributed by atoms with E-state index in [9.17, 15) is 18.8 Å². The SMILES string of the molecule is NCC(=O)O[C@H]1C[C@H](n2cc(F)c(=O)[nH]c2=O)O[C@@H]1COCc1ccc(Cl)s1. The largest absolute Gasteiger partial charge is 0.458 e. The third-order valence-electron chi connectivity index (χ3n) is 4.02. The topological polar surface area (TPSA) is 126 Å². The van der Waals surface area contributed by atoms with Gasteiger partial charge in [0.25, 0.3) is 5.56 Å². The molecular formula is C16H17ClFN3O6S. The summed E-state index contributed by atoms with van der Waals surface area (Å²) < 4.78 is 31.7. The van der Waals surface area contributed by atoms with Gasteiger partial charge in [-0.1, -0.05) is 11.6 Å². The van der Waals surface area contributed by atoms with Crippen LogP contribution in [0, 0.1) is 5.82 Å². The second-order valence-corrected chi connectivity index (χ2v) is 7.76. The van der Waals surface area contributed by atoms with E-state index >= 15 is 0 Å². The summed E-state index contributed by atoms with van der Waals surface area (Å²) in [5.41, 5.74) is 3.32. The van der Waals surface area contributed by atoms with E-state index in [0.29, 0.717) is 4.34 Å². The Morgan fingerprint density at radius 3 is 2.93 bits per heavy atom. The fraction of sp³-hybridized carbons (Fsp3) is 0.438. The average Bonchev–Trinajstić information content (AvgIpc) is 3.24. The minimum atomic E-state index is -1.13. The van der Waals surface area contributed by atoms with E-state index in [2.05, 4.69) is 0 Å². The molecule has 0 aliphatic carbocycles. The molecule has 3 atom stereocenters. The van der Waals surface area contributed by atoms with Crippen LogP contribution in [0.15, 0.2) is 27.9 Å². The number of nitrogens with one attached hydrogen (secondary N) is 1. The van der Waals surface area contributed by atoms with Crippen molar-refractivity contribution in [3.8, 4) is 0 Å². The number of nitrogens with two attached hydrogens (primary N) is 1. The molecule has 2 aromatic rings. The first-order valence-electron chi connectivity index (χ1n) is 8.25. The molecule has 28 heavy (non-hydrogen) atoms. The van der Waals surface area contributed by atoms with Crippen LogP contribution < -0.4 is 17.0 Å². The molecule has 0 unspecified atom stereocenters. The van der Waals surface area contributed by atoms with Gasteiger partial charge in [0.15, 0.2) is 0 Å². The summed E-state index contributed by atoms with van der Waals surface area (Å²) in [7, 11) is 0. The Morgan fingerprint density at radius 2 is 2.25 bits per heavy atom. The van der Waals surface area contributed by atoms with Crippen molar-refractivity contribution in [3.05, 3.63) is 54.2 Å². The number of hydrogen-bond acceptors (Lipinski definition) is 8. The third-order valence-corrected chi connectivity index (χ3v) is 5.22. The van der Waals surface area contributed by atoms with Gasteiger partial charge in [-0.05, 0) is 12.1 Å². The molecule has 3 N–H and O–H groups in total. The molecule has 152 valence electrons. The first kappa shape index (κ1) is 20.7. The highest BCUT2D eigenvalue weighted by Gasteiger charge is 2.39. The van der Waals surface area contributed by atoms with Crippen molar-refractivity contribution in [1.29, 1.82) is 0 Å². The van der Waals surface area contributed by atoms with Gasteiger partial charge in [0.05, 0.1) is 30.3 Å². The van der Waals surface area contributed by atoms with Crippen LogP contribution in [-0.2, 0) is 25.6 Å². The van der Waals surface area contributed by atoms with Crippen molar-refractivity contribution in [2.45, 2.75) is 31.5 Å². The van der Waals surface area contributed by atoms with Crippen LogP contribution >= 0.6 is 22.9 Å². The second-order valence-electron chi connectivity index (χ2n) is 5.96. The van der Waals surface area contributed by atoms with Crippen molar-refractivity contribution < 1.29 is 23.4 Å². The maximum atomic E-state index is 13.6. The lowest BCUT2D eigenvalue weighted by molar-refractivity contribution is -0.152. The normalized spacial score (nSPS) is 21.8. The number of rotatable bonds is 7. The summed E-state index contributed by atoms with van der Waals surface area (Å²) in [6, 6.07) is 3.57. The number of carbonyl (C=O) groups excluding carboxylic acids is 1. The van der Waals surface area contributed by atoms with Crippen LogP contribution in [0.25, 0.3) is 0 Å². The maximum absolute atomic E-state index is 13.6. The number of halogens is 2. The number of aromatic amines is 1. The molecule has 0 bridgehead atoms. The summed E-state index contributed by atoms with van der Waals surface area (Å²) in [5.74, 6) is -1.78. The second kappa shape index (κ2) is 8.97. The smallest absolute Gasteiger partial charge is 0.330 e. The number of ether oxygens (including phenoxy) is 3. The predicted octanol–water partition coefficient (Wildman–Crippen LogP) is 0.765. The molecule has 0 saturated carbocycles. The van der Waals surface area contributed by atoms with E-state index in [1.807, 2.05) is 11.1 Å². The van der Waals surface area contributed by atoms with Crippen LogP contribution in [0.1, 0.15) is 17.5 Å². The number of esters is 1. The molecule has 0 spiro atoms. The summed E-state index contributed by atoms with van der Waals surface area (Å²) in [4.78, 5) is 37.5. The van der Waals surface area contributed by atoms with Crippen molar-refractivity contribution in [1.82, 2.24) is 9.55 Å². The summed E-state index contributed by atoms with van der Waals surface area (Å²) in [5, 5.41) is 0. The standard InChI is InChI=1S/C16H17ClFN3O6S/c17-12-2-1-8(28-12)6-25-7-11-10(27-14(22)4-19)3-13(26-11)21-5-9(18)15(23)20-16(21)24/h1-2,5,10-11,13H,3-4,6-7,19H2,(H,20,23,24)/t10-,11+,13+/m0/s1. The lowest BCUT2D eigenvalue weighted by atomic mass is 10.2. The van der Waals surface area contributed by atoms with Gasteiger partial charge in [-0.25, -0.2) is 4.79 Å². The molecule has 1 aliphatic rings. The lowest BCUT2D eigenvalue weighted by Crippen LogP contribution is -2.34. The maximum Gasteiger partial charge on any atom is 0.330 e. The van der Waals surface area contributed by atoms with Gasteiger partial charge in [0, 0.05) is 11.3 Å². The van der Waals surface area contributed by atoms with Gasteiger partial charge in [-0.2, -0.15) is 4.39 Å². The van der Waals surface area contributed by atoms with E-state index < -0.39 is 41.5 Å². The molecule has 1 saturated heterocycles. The highest BCUT2D eigenvalue weighted by molar-refractivity contribution is 7.16. The first-order valence-corrected chi connectivity index (χ1v) is 9.44. The minimum absolute atomic E-state index is 0.0507. The fourth-order valence-corrected chi connectivity index (χ4v) is 3.77. The summed E-state index contributed by atoms with van der Waals surface area (Å²) >= 11 is 7.23. The van der Waals surface area contributed by atoms with Crippen LogP contribution in [0.4, 0.5) is 4.39 Å². The Balaban J connectivity index is 1.71. The monoisotopic (exact) mass is 433 g/mol. The average molecular weight is 434 g/mol. The van der Waals surface area contributed by atoms with Gasteiger partial charge >= 0.3 is 11.7 Å². The van der Waals surface area contributed by atoms with Crippen LogP contribution in [0.5, 0.6) is 0 Å². The van der Waals surface area contributed by atoms with Crippen molar-refractivity contribution in [3.63, 3.8) is 0 Å². The highest BCUT2D eigenvalue weighted by Crippen LogP contribution is 2.30. The Hall–Kier alpha value is -2.05. The molecule has 9 nitrogen and oxygen atoms in total. The number of H-pyrrole nitrogens is 1. The van der Waals surface area contributed by atoms with E-state index in [-0.39, 0.29) is 26.2 Å². The predicted molar refractivity (Wildman–Crippen MR) is 97.7 cm³/mol. The van der Waals surface area contributed by atoms with Gasteiger partial charge < -0.3 is 19.9 Å². The molecular weight excluding hydrogens is 417 g/mol. The Kier molecular flexibility index (Phi) is 6.62. The minimum Gasteiger partial charge on any atom is -0.458 e. The van der Waals surface area contributed by atoms with Gasteiger partial charge in [-0.3, -0.25) is 19.1 Å². The summed E-state index contributed by atoms with van der Waals surface area (Å²) in [6.45, 7) is -0.00248. The Bertz CT molecular complexity index is 960. The molecule has 1 fully saturated rings. The van der Waals surface area contributed by atoms with Crippen molar-refractivity contribution >= 4 is 28.9 Å².